The molecule has 0 radical (unpaired) electrons. The third-order valence-corrected chi connectivity index (χ3v) is 5.99. The molecule has 3 N–H and O–H groups in total. The van der Waals surface area contributed by atoms with Crippen molar-refractivity contribution in [3.05, 3.63) is 64.2 Å². The predicted molar refractivity (Wildman–Crippen MR) is 110 cm³/mol. The van der Waals surface area contributed by atoms with Crippen molar-refractivity contribution in [2.75, 3.05) is 6.54 Å². The Hall–Kier alpha value is -1.91. The Morgan fingerprint density at radius 1 is 1.22 bits per heavy atom. The van der Waals surface area contributed by atoms with E-state index in [0.29, 0.717) is 6.42 Å². The van der Waals surface area contributed by atoms with E-state index >= 15 is 4.39 Å². The molecule has 0 aromatic heterocycles. The molecule has 0 amide bonds. The van der Waals surface area contributed by atoms with Crippen LogP contribution in [0.3, 0.4) is 0 Å². The van der Waals surface area contributed by atoms with Gasteiger partial charge in [-0.2, -0.15) is 0 Å². The van der Waals surface area contributed by atoms with Gasteiger partial charge in [0, 0.05) is 17.5 Å². The first kappa shape index (κ1) is 18.5. The van der Waals surface area contributed by atoms with Gasteiger partial charge in [-0.1, -0.05) is 35.9 Å². The van der Waals surface area contributed by atoms with E-state index in [-0.39, 0.29) is 11.8 Å². The maximum Gasteiger partial charge on any atom is 0.174 e. The second kappa shape index (κ2) is 7.61. The van der Waals surface area contributed by atoms with Gasteiger partial charge >= 0.3 is 0 Å². The smallest absolute Gasteiger partial charge is 0.174 e. The summed E-state index contributed by atoms with van der Waals surface area (Å²) in [4.78, 5) is 4.40. The van der Waals surface area contributed by atoms with Crippen LogP contribution in [0.25, 0.3) is 0 Å². The fourth-order valence-electron chi connectivity index (χ4n) is 4.33. The molecule has 4 rings (SSSR count). The molecule has 3 nitrogen and oxygen atoms in total. The SMILES string of the molecule is NC1=Nc2cc(CCCNCc3cccc(Cl)c3)ccc2C2CCCC12F. The van der Waals surface area contributed by atoms with E-state index in [1.54, 1.807) is 0 Å². The van der Waals surface area contributed by atoms with Crippen LogP contribution < -0.4 is 11.1 Å². The number of aryl methyl sites for hydroxylation is 1. The fraction of sp³-hybridized carbons (Fsp3) is 0.409. The Bertz CT molecular complexity index is 866. The highest BCUT2D eigenvalue weighted by molar-refractivity contribution is 6.30. The van der Waals surface area contributed by atoms with E-state index in [2.05, 4.69) is 34.6 Å². The number of alkyl halides is 1. The summed E-state index contributed by atoms with van der Waals surface area (Å²) in [5.74, 6) is 0.0382. The van der Waals surface area contributed by atoms with E-state index in [0.717, 1.165) is 55.0 Å². The number of hydrogen-bond acceptors (Lipinski definition) is 3. The summed E-state index contributed by atoms with van der Waals surface area (Å²) in [6, 6.07) is 14.2. The molecule has 2 aromatic rings. The van der Waals surface area contributed by atoms with Crippen LogP contribution >= 0.6 is 11.6 Å². The molecule has 1 aliphatic carbocycles. The van der Waals surface area contributed by atoms with Gasteiger partial charge in [-0.15, -0.1) is 0 Å². The lowest BCUT2D eigenvalue weighted by atomic mass is 9.82. The highest BCUT2D eigenvalue weighted by atomic mass is 35.5. The monoisotopic (exact) mass is 385 g/mol. The van der Waals surface area contributed by atoms with Gasteiger partial charge in [0.15, 0.2) is 5.67 Å². The summed E-state index contributed by atoms with van der Waals surface area (Å²) in [7, 11) is 0. The summed E-state index contributed by atoms with van der Waals surface area (Å²) in [5.41, 5.74) is 8.84. The van der Waals surface area contributed by atoms with Gasteiger partial charge in [-0.3, -0.25) is 0 Å². The van der Waals surface area contributed by atoms with Crippen molar-refractivity contribution in [1.29, 1.82) is 0 Å². The minimum atomic E-state index is -1.43. The Balaban J connectivity index is 1.33. The fourth-order valence-corrected chi connectivity index (χ4v) is 4.54. The van der Waals surface area contributed by atoms with Gasteiger partial charge in [-0.25, -0.2) is 9.38 Å². The van der Waals surface area contributed by atoms with Crippen molar-refractivity contribution < 1.29 is 4.39 Å². The van der Waals surface area contributed by atoms with Crippen LogP contribution in [-0.4, -0.2) is 18.0 Å². The molecular formula is C22H25ClFN3. The number of fused-ring (bicyclic) bond motifs is 3. The molecule has 27 heavy (non-hydrogen) atoms. The van der Waals surface area contributed by atoms with Gasteiger partial charge in [0.25, 0.3) is 0 Å². The minimum absolute atomic E-state index is 0.126. The number of hydrogen-bond donors (Lipinski definition) is 2. The molecule has 2 aliphatic rings. The highest BCUT2D eigenvalue weighted by Crippen LogP contribution is 2.51. The normalized spacial score (nSPS) is 23.6. The number of amidine groups is 1. The molecule has 1 aliphatic heterocycles. The average molecular weight is 386 g/mol. The van der Waals surface area contributed by atoms with Crippen molar-refractivity contribution in [1.82, 2.24) is 5.32 Å². The van der Waals surface area contributed by atoms with Crippen LogP contribution in [0, 0.1) is 0 Å². The van der Waals surface area contributed by atoms with Gasteiger partial charge in [-0.05, 0) is 73.5 Å². The lowest BCUT2D eigenvalue weighted by Gasteiger charge is -2.32. The van der Waals surface area contributed by atoms with E-state index in [4.69, 9.17) is 17.3 Å². The second-order valence-corrected chi connectivity index (χ2v) is 8.04. The van der Waals surface area contributed by atoms with E-state index in [1.807, 2.05) is 18.2 Å². The average Bonchev–Trinajstić information content (AvgIpc) is 3.05. The molecule has 2 atom stereocenters. The van der Waals surface area contributed by atoms with Crippen molar-refractivity contribution in [2.45, 2.75) is 50.2 Å². The maximum atomic E-state index is 15.1. The van der Waals surface area contributed by atoms with Crippen LogP contribution in [0.2, 0.25) is 5.02 Å². The first-order chi connectivity index (χ1) is 13.1. The van der Waals surface area contributed by atoms with E-state index in [1.165, 1.54) is 11.1 Å². The van der Waals surface area contributed by atoms with Crippen molar-refractivity contribution in [3.63, 3.8) is 0 Å². The standard InChI is InChI=1S/C22H25ClFN3/c23-17-6-1-4-16(12-17)14-26-11-3-5-15-8-9-18-19-7-2-10-22(19,24)21(25)27-20(18)13-15/h1,4,6,8-9,12-13,19,26H,2-3,5,7,10-11,14H2,(H2,25,27). The first-order valence-electron chi connectivity index (χ1n) is 9.68. The molecule has 142 valence electrons. The van der Waals surface area contributed by atoms with Crippen LogP contribution in [0.4, 0.5) is 10.1 Å². The minimum Gasteiger partial charge on any atom is -0.384 e. The Kier molecular flexibility index (Phi) is 5.20. The van der Waals surface area contributed by atoms with Gasteiger partial charge in [0.05, 0.1) is 5.69 Å². The summed E-state index contributed by atoms with van der Waals surface area (Å²) in [5, 5.41) is 4.21. The van der Waals surface area contributed by atoms with Crippen molar-refractivity contribution >= 4 is 23.1 Å². The molecule has 1 heterocycles. The van der Waals surface area contributed by atoms with Crippen molar-refractivity contribution in [3.8, 4) is 0 Å². The summed E-state index contributed by atoms with van der Waals surface area (Å²) < 4.78 is 15.1. The molecule has 2 unspecified atom stereocenters. The molecule has 0 bridgehead atoms. The van der Waals surface area contributed by atoms with Gasteiger partial charge in [0.2, 0.25) is 0 Å². The van der Waals surface area contributed by atoms with Gasteiger partial charge < -0.3 is 11.1 Å². The molecule has 1 saturated carbocycles. The van der Waals surface area contributed by atoms with Crippen LogP contribution in [-0.2, 0) is 13.0 Å². The summed E-state index contributed by atoms with van der Waals surface area (Å²) in [6.07, 6.45) is 4.20. The lowest BCUT2D eigenvalue weighted by molar-refractivity contribution is 0.232. The Labute approximate surface area is 164 Å². The number of nitrogens with two attached hydrogens (primary N) is 1. The Morgan fingerprint density at radius 3 is 2.96 bits per heavy atom. The zero-order valence-electron chi connectivity index (χ0n) is 15.3. The molecule has 2 aromatic carbocycles. The molecule has 1 fully saturated rings. The molecule has 5 heteroatoms. The van der Waals surface area contributed by atoms with Crippen LogP contribution in [0.1, 0.15) is 48.3 Å². The third kappa shape index (κ3) is 3.74. The number of nitrogens with zero attached hydrogens (tertiary/aromatic N) is 1. The maximum absolute atomic E-state index is 15.1. The van der Waals surface area contributed by atoms with Gasteiger partial charge in [0.1, 0.15) is 5.84 Å². The number of aliphatic imine (C=N–C) groups is 1. The topological polar surface area (TPSA) is 50.4 Å². The molecule has 0 saturated heterocycles. The van der Waals surface area contributed by atoms with Crippen molar-refractivity contribution in [2.24, 2.45) is 10.7 Å². The number of halogens is 2. The Morgan fingerprint density at radius 2 is 2.11 bits per heavy atom. The second-order valence-electron chi connectivity index (χ2n) is 7.61. The van der Waals surface area contributed by atoms with E-state index in [9.17, 15) is 0 Å². The van der Waals surface area contributed by atoms with Crippen LogP contribution in [0.15, 0.2) is 47.5 Å². The first-order valence-corrected chi connectivity index (χ1v) is 10.1. The summed E-state index contributed by atoms with van der Waals surface area (Å²) >= 11 is 6.00. The third-order valence-electron chi connectivity index (χ3n) is 5.76. The number of benzene rings is 2. The quantitative estimate of drug-likeness (QED) is 0.684. The highest BCUT2D eigenvalue weighted by Gasteiger charge is 2.50. The van der Waals surface area contributed by atoms with Crippen LogP contribution in [0.5, 0.6) is 0 Å². The number of rotatable bonds is 6. The lowest BCUT2D eigenvalue weighted by Crippen LogP contribution is -2.43. The zero-order valence-corrected chi connectivity index (χ0v) is 16.1. The molecular weight excluding hydrogens is 361 g/mol. The largest absolute Gasteiger partial charge is 0.384 e. The predicted octanol–water partition coefficient (Wildman–Crippen LogP) is 5.04. The zero-order chi connectivity index (χ0) is 18.9. The number of nitrogens with one attached hydrogen (secondary N) is 1. The molecule has 0 spiro atoms. The summed E-state index contributed by atoms with van der Waals surface area (Å²) in [6.45, 7) is 1.73. The van der Waals surface area contributed by atoms with E-state index < -0.39 is 5.67 Å².